The highest BCUT2D eigenvalue weighted by molar-refractivity contribution is 7.74. The average molecular weight is 455 g/mol. The molecule has 0 saturated carbocycles. The topological polar surface area (TPSA) is 101 Å². The van der Waals surface area contributed by atoms with Crippen molar-refractivity contribution in [2.24, 2.45) is 0 Å². The molecule has 7 nitrogen and oxygen atoms in total. The summed E-state index contributed by atoms with van der Waals surface area (Å²) in [7, 11) is 4.04. The number of anilines is 3. The van der Waals surface area contributed by atoms with Crippen LogP contribution in [0, 0.1) is 0 Å². The minimum Gasteiger partial charge on any atom is -0.383 e. The molecule has 1 atom stereocenters. The average Bonchev–Trinajstić information content (AvgIpc) is 3.21. The number of nitrogens with zero attached hydrogens (tertiary/aromatic N) is 2. The molecule has 4 N–H and O–H groups in total. The quantitative estimate of drug-likeness (QED) is 0.272. The standard InChI is InChI=1S/C22H22N4O3S2/c1-26(2)17-9-5-15(6-10-17)19-12-30-21-18(11-24-22(23)20(19)21)14-3-7-16(8-4-14)25-13-29-31(27)28/h3-12,25H,13H2,1-2H3,(H2,23,24)(H,27,28). The Hall–Kier alpha value is -2.98. The van der Waals surface area contributed by atoms with Crippen molar-refractivity contribution in [3.05, 3.63) is 60.1 Å². The zero-order valence-electron chi connectivity index (χ0n) is 17.0. The molecule has 0 aliphatic heterocycles. The number of hydrogen-bond acceptors (Lipinski definition) is 7. The van der Waals surface area contributed by atoms with Crippen molar-refractivity contribution >= 4 is 50.0 Å². The van der Waals surface area contributed by atoms with Gasteiger partial charge in [0, 0.05) is 52.9 Å². The molecule has 2 aromatic heterocycles. The molecule has 2 aromatic carbocycles. The van der Waals surface area contributed by atoms with Gasteiger partial charge in [-0.1, -0.05) is 24.3 Å². The Morgan fingerprint density at radius 2 is 1.74 bits per heavy atom. The Bertz CT molecular complexity index is 1220. The van der Waals surface area contributed by atoms with E-state index < -0.39 is 11.4 Å². The molecular weight excluding hydrogens is 432 g/mol. The molecule has 2 heterocycles. The van der Waals surface area contributed by atoms with E-state index in [4.69, 9.17) is 10.3 Å². The minimum atomic E-state index is -2.29. The normalized spacial score (nSPS) is 12.1. The van der Waals surface area contributed by atoms with Gasteiger partial charge in [-0.3, -0.25) is 4.55 Å². The fourth-order valence-electron chi connectivity index (χ4n) is 3.36. The van der Waals surface area contributed by atoms with E-state index in [1.807, 2.05) is 38.4 Å². The second-order valence-corrected chi connectivity index (χ2v) is 8.63. The van der Waals surface area contributed by atoms with Gasteiger partial charge in [-0.15, -0.1) is 11.3 Å². The summed E-state index contributed by atoms with van der Waals surface area (Å²) in [6.07, 6.45) is 1.80. The van der Waals surface area contributed by atoms with Crippen LogP contribution < -0.4 is 16.0 Å². The molecule has 0 aliphatic rings. The first kappa shape index (κ1) is 21.3. The van der Waals surface area contributed by atoms with Crippen LogP contribution in [-0.4, -0.2) is 34.6 Å². The van der Waals surface area contributed by atoms with Gasteiger partial charge in [-0.05, 0) is 40.8 Å². The lowest BCUT2D eigenvalue weighted by atomic mass is 10.0. The number of nitrogen functional groups attached to an aromatic ring is 1. The van der Waals surface area contributed by atoms with Crippen LogP contribution in [0.4, 0.5) is 17.2 Å². The summed E-state index contributed by atoms with van der Waals surface area (Å²) in [6, 6.07) is 16.1. The molecule has 1 unspecified atom stereocenters. The van der Waals surface area contributed by atoms with Crippen molar-refractivity contribution < 1.29 is 12.9 Å². The van der Waals surface area contributed by atoms with Gasteiger partial charge >= 0.3 is 11.4 Å². The number of aromatic nitrogens is 1. The van der Waals surface area contributed by atoms with Crippen LogP contribution in [0.25, 0.3) is 32.3 Å². The van der Waals surface area contributed by atoms with Gasteiger partial charge in [-0.2, -0.15) is 4.21 Å². The van der Waals surface area contributed by atoms with Crippen LogP contribution in [0.1, 0.15) is 0 Å². The van der Waals surface area contributed by atoms with E-state index in [9.17, 15) is 4.21 Å². The van der Waals surface area contributed by atoms with E-state index >= 15 is 0 Å². The molecule has 9 heteroatoms. The summed E-state index contributed by atoms with van der Waals surface area (Å²) in [6.45, 7) is -0.0585. The van der Waals surface area contributed by atoms with Crippen LogP contribution in [0.15, 0.2) is 60.1 Å². The zero-order chi connectivity index (χ0) is 22.0. The van der Waals surface area contributed by atoms with Crippen molar-refractivity contribution in [2.45, 2.75) is 0 Å². The molecule has 0 radical (unpaired) electrons. The highest BCUT2D eigenvalue weighted by atomic mass is 32.2. The number of hydrogen-bond donors (Lipinski definition) is 3. The number of thiophene rings is 1. The minimum absolute atomic E-state index is 0.0585. The van der Waals surface area contributed by atoms with Gasteiger partial charge < -0.3 is 16.0 Å². The fraction of sp³-hybridized carbons (Fsp3) is 0.136. The van der Waals surface area contributed by atoms with Crippen LogP contribution >= 0.6 is 11.3 Å². The molecule has 0 spiro atoms. The van der Waals surface area contributed by atoms with Crippen LogP contribution in [0.2, 0.25) is 0 Å². The fourth-order valence-corrected chi connectivity index (χ4v) is 4.63. The molecule has 0 saturated heterocycles. The van der Waals surface area contributed by atoms with Gasteiger partial charge in [0.1, 0.15) is 12.5 Å². The van der Waals surface area contributed by atoms with E-state index in [1.165, 1.54) is 0 Å². The largest absolute Gasteiger partial charge is 0.383 e. The summed E-state index contributed by atoms with van der Waals surface area (Å²) in [5.74, 6) is 0.513. The van der Waals surface area contributed by atoms with Crippen molar-refractivity contribution in [1.82, 2.24) is 4.98 Å². The number of fused-ring (bicyclic) bond motifs is 1. The highest BCUT2D eigenvalue weighted by Crippen LogP contribution is 2.42. The maximum absolute atomic E-state index is 10.6. The Morgan fingerprint density at radius 1 is 1.10 bits per heavy atom. The van der Waals surface area contributed by atoms with Gasteiger partial charge in [-0.25, -0.2) is 9.17 Å². The monoisotopic (exact) mass is 454 g/mol. The number of benzene rings is 2. The molecule has 4 rings (SSSR count). The van der Waals surface area contributed by atoms with Crippen molar-refractivity contribution in [1.29, 1.82) is 0 Å². The van der Waals surface area contributed by atoms with Crippen LogP contribution in [0.3, 0.4) is 0 Å². The van der Waals surface area contributed by atoms with Gasteiger partial charge in [0.2, 0.25) is 0 Å². The number of rotatable bonds is 7. The molecular formula is C22H22N4O3S2. The van der Waals surface area contributed by atoms with E-state index in [1.54, 1.807) is 17.5 Å². The lowest BCUT2D eigenvalue weighted by molar-refractivity contribution is 0.330. The second kappa shape index (κ2) is 9.03. The number of pyridine rings is 1. The van der Waals surface area contributed by atoms with Gasteiger partial charge in [0.25, 0.3) is 0 Å². The maximum atomic E-state index is 10.6. The molecule has 0 aliphatic carbocycles. The Labute approximate surface area is 187 Å². The third-order valence-electron chi connectivity index (χ3n) is 4.95. The number of nitrogens with two attached hydrogens (primary N) is 1. The molecule has 0 amide bonds. The highest BCUT2D eigenvalue weighted by Gasteiger charge is 2.15. The van der Waals surface area contributed by atoms with Crippen molar-refractivity contribution in [3.63, 3.8) is 0 Å². The number of nitrogens with one attached hydrogen (secondary N) is 1. The first-order chi connectivity index (χ1) is 14.9. The summed E-state index contributed by atoms with van der Waals surface area (Å²) >= 11 is -0.644. The maximum Gasteiger partial charge on any atom is 0.303 e. The van der Waals surface area contributed by atoms with Crippen molar-refractivity contribution in [3.8, 4) is 22.3 Å². The van der Waals surface area contributed by atoms with E-state index in [2.05, 4.69) is 49.0 Å². The SMILES string of the molecule is CN(C)c1ccc(-c2csc3c(-c4ccc(NCOS(=O)O)cc4)cnc(N)c23)cc1. The Morgan fingerprint density at radius 3 is 2.39 bits per heavy atom. The molecule has 160 valence electrons. The smallest absolute Gasteiger partial charge is 0.303 e. The summed E-state index contributed by atoms with van der Waals surface area (Å²) in [4.78, 5) is 6.53. The summed E-state index contributed by atoms with van der Waals surface area (Å²) in [5.41, 5.74) is 12.4. The lowest BCUT2D eigenvalue weighted by Gasteiger charge is -2.13. The second-order valence-electron chi connectivity index (χ2n) is 7.09. The Balaban J connectivity index is 1.67. The zero-order valence-corrected chi connectivity index (χ0v) is 18.7. The predicted octanol–water partition coefficient (Wildman–Crippen LogP) is 4.80. The predicted molar refractivity (Wildman–Crippen MR) is 130 cm³/mol. The molecule has 0 fully saturated rings. The first-order valence-corrected chi connectivity index (χ1v) is 11.4. The van der Waals surface area contributed by atoms with E-state index in [0.29, 0.717) is 5.82 Å². The molecule has 0 bridgehead atoms. The molecule has 4 aromatic rings. The first-order valence-electron chi connectivity index (χ1n) is 9.46. The summed E-state index contributed by atoms with van der Waals surface area (Å²) in [5, 5.41) is 6.01. The lowest BCUT2D eigenvalue weighted by Crippen LogP contribution is -2.07. The molecule has 31 heavy (non-hydrogen) atoms. The van der Waals surface area contributed by atoms with Crippen molar-refractivity contribution in [2.75, 3.05) is 36.8 Å². The van der Waals surface area contributed by atoms with Gasteiger partial charge in [0.05, 0.1) is 0 Å². The third kappa shape index (κ3) is 4.54. The van der Waals surface area contributed by atoms with E-state index in [-0.39, 0.29) is 6.73 Å². The van der Waals surface area contributed by atoms with E-state index in [0.717, 1.165) is 43.7 Å². The third-order valence-corrected chi connectivity index (χ3v) is 6.28. The Kier molecular flexibility index (Phi) is 6.19. The van der Waals surface area contributed by atoms with Crippen LogP contribution in [0.5, 0.6) is 0 Å². The van der Waals surface area contributed by atoms with Gasteiger partial charge in [0.15, 0.2) is 0 Å². The van der Waals surface area contributed by atoms with Crippen LogP contribution in [-0.2, 0) is 15.5 Å². The summed E-state index contributed by atoms with van der Waals surface area (Å²) < 4.78 is 24.9.